The molecule has 0 bridgehead atoms. The standard InChI is InChI=1S/C9H8F3NO3/c1-13-4-5(2-6(13)8(15)16)7(14)3-9(10,11)12/h2,4H,3H2,1H3,(H,15,16). The molecule has 1 aromatic heterocycles. The summed E-state index contributed by atoms with van der Waals surface area (Å²) < 4.78 is 36.8. The number of carboxylic acids is 1. The molecule has 0 saturated carbocycles. The Hall–Kier alpha value is -1.79. The van der Waals surface area contributed by atoms with E-state index < -0.39 is 24.3 Å². The molecule has 0 unspecified atom stereocenters. The predicted molar refractivity (Wildman–Crippen MR) is 47.4 cm³/mol. The van der Waals surface area contributed by atoms with Crippen LogP contribution >= 0.6 is 0 Å². The van der Waals surface area contributed by atoms with Crippen molar-refractivity contribution in [1.82, 2.24) is 4.57 Å². The zero-order chi connectivity index (χ0) is 12.5. The molecule has 0 aliphatic carbocycles. The van der Waals surface area contributed by atoms with Gasteiger partial charge in [0.2, 0.25) is 0 Å². The third-order valence-corrected chi connectivity index (χ3v) is 1.91. The molecule has 0 radical (unpaired) electrons. The maximum absolute atomic E-state index is 11.9. The summed E-state index contributed by atoms with van der Waals surface area (Å²) >= 11 is 0. The molecule has 7 heteroatoms. The predicted octanol–water partition coefficient (Wildman–Crippen LogP) is 1.86. The summed E-state index contributed by atoms with van der Waals surface area (Å²) in [6, 6.07) is 0.927. The molecule has 1 N–H and O–H groups in total. The lowest BCUT2D eigenvalue weighted by atomic mass is 10.1. The summed E-state index contributed by atoms with van der Waals surface area (Å²) in [6.07, 6.45) is -5.11. The van der Waals surface area contributed by atoms with Crippen LogP contribution in [0.25, 0.3) is 0 Å². The van der Waals surface area contributed by atoms with Crippen LogP contribution in [0.2, 0.25) is 0 Å². The highest BCUT2D eigenvalue weighted by Gasteiger charge is 2.32. The molecule has 0 amide bonds. The number of hydrogen-bond donors (Lipinski definition) is 1. The molecular formula is C9H8F3NO3. The third-order valence-electron chi connectivity index (χ3n) is 1.91. The average Bonchev–Trinajstić information content (AvgIpc) is 2.44. The van der Waals surface area contributed by atoms with E-state index in [4.69, 9.17) is 5.11 Å². The van der Waals surface area contributed by atoms with Crippen LogP contribution in [-0.4, -0.2) is 27.6 Å². The summed E-state index contributed by atoms with van der Waals surface area (Å²) in [5.74, 6) is -2.44. The van der Waals surface area contributed by atoms with Gasteiger partial charge in [0.05, 0.1) is 0 Å². The van der Waals surface area contributed by atoms with Crippen molar-refractivity contribution in [2.75, 3.05) is 0 Å². The quantitative estimate of drug-likeness (QED) is 0.813. The van der Waals surface area contributed by atoms with Crippen LogP contribution in [0.5, 0.6) is 0 Å². The number of ketones is 1. The first-order valence-electron chi connectivity index (χ1n) is 4.20. The smallest absolute Gasteiger partial charge is 0.396 e. The Morgan fingerprint density at radius 3 is 2.38 bits per heavy atom. The molecule has 88 valence electrons. The molecule has 16 heavy (non-hydrogen) atoms. The van der Waals surface area contributed by atoms with Gasteiger partial charge in [0.15, 0.2) is 5.78 Å². The number of Topliss-reactive ketones (excluding diaryl/α,β-unsaturated/α-hetero) is 1. The van der Waals surface area contributed by atoms with E-state index in [2.05, 4.69) is 0 Å². The molecule has 0 saturated heterocycles. The molecule has 0 aromatic carbocycles. The van der Waals surface area contributed by atoms with Gasteiger partial charge in [-0.2, -0.15) is 13.2 Å². The SMILES string of the molecule is Cn1cc(C(=O)CC(F)(F)F)cc1C(=O)O. The number of carbonyl (C=O) groups is 2. The maximum Gasteiger partial charge on any atom is 0.396 e. The highest BCUT2D eigenvalue weighted by atomic mass is 19.4. The minimum absolute atomic E-state index is 0.231. The van der Waals surface area contributed by atoms with Crippen molar-refractivity contribution in [2.24, 2.45) is 7.05 Å². The largest absolute Gasteiger partial charge is 0.477 e. The monoisotopic (exact) mass is 235 g/mol. The first-order chi connectivity index (χ1) is 7.20. The molecule has 0 fully saturated rings. The van der Waals surface area contributed by atoms with Gasteiger partial charge in [-0.05, 0) is 6.07 Å². The number of hydrogen-bond acceptors (Lipinski definition) is 2. The summed E-state index contributed by atoms with van der Waals surface area (Å²) in [7, 11) is 1.34. The van der Waals surface area contributed by atoms with E-state index in [1.807, 2.05) is 0 Å². The molecule has 1 heterocycles. The van der Waals surface area contributed by atoms with Gasteiger partial charge in [0, 0.05) is 18.8 Å². The summed E-state index contributed by atoms with van der Waals surface area (Å²) in [5, 5.41) is 8.64. The Bertz CT molecular complexity index is 434. The number of aromatic nitrogens is 1. The number of nitrogens with zero attached hydrogens (tertiary/aromatic N) is 1. The van der Waals surface area contributed by atoms with Crippen LogP contribution in [0.15, 0.2) is 12.3 Å². The summed E-state index contributed by atoms with van der Waals surface area (Å²) in [4.78, 5) is 21.7. The van der Waals surface area contributed by atoms with Crippen molar-refractivity contribution in [2.45, 2.75) is 12.6 Å². The molecule has 0 aliphatic rings. The van der Waals surface area contributed by atoms with Crippen LogP contribution < -0.4 is 0 Å². The van der Waals surface area contributed by atoms with Gasteiger partial charge in [-0.15, -0.1) is 0 Å². The highest BCUT2D eigenvalue weighted by molar-refractivity contribution is 5.99. The van der Waals surface area contributed by atoms with Gasteiger partial charge in [0.25, 0.3) is 0 Å². The second-order valence-corrected chi connectivity index (χ2v) is 3.25. The number of aryl methyl sites for hydroxylation is 1. The van der Waals surface area contributed by atoms with Crippen molar-refractivity contribution < 1.29 is 27.9 Å². The Morgan fingerprint density at radius 2 is 2.00 bits per heavy atom. The topological polar surface area (TPSA) is 59.3 Å². The number of rotatable bonds is 3. The fourth-order valence-corrected chi connectivity index (χ4v) is 1.21. The van der Waals surface area contributed by atoms with Gasteiger partial charge in [-0.3, -0.25) is 4.79 Å². The van der Waals surface area contributed by atoms with Gasteiger partial charge in [-0.25, -0.2) is 4.79 Å². The second kappa shape index (κ2) is 3.99. The minimum atomic E-state index is -4.59. The normalized spacial score (nSPS) is 11.5. The molecule has 0 aliphatic heterocycles. The Balaban J connectivity index is 2.94. The lowest BCUT2D eigenvalue weighted by Crippen LogP contribution is -2.14. The van der Waals surface area contributed by atoms with Crippen LogP contribution in [0, 0.1) is 0 Å². The van der Waals surface area contributed by atoms with E-state index in [0.29, 0.717) is 0 Å². The zero-order valence-corrected chi connectivity index (χ0v) is 8.21. The van der Waals surface area contributed by atoms with Crippen LogP contribution in [0.1, 0.15) is 27.3 Å². The minimum Gasteiger partial charge on any atom is -0.477 e. The fraction of sp³-hybridized carbons (Fsp3) is 0.333. The highest BCUT2D eigenvalue weighted by Crippen LogP contribution is 2.22. The van der Waals surface area contributed by atoms with Crippen LogP contribution in [0.3, 0.4) is 0 Å². The molecular weight excluding hydrogens is 227 g/mol. The first-order valence-corrected chi connectivity index (χ1v) is 4.20. The second-order valence-electron chi connectivity index (χ2n) is 3.25. The first kappa shape index (κ1) is 12.3. The van der Waals surface area contributed by atoms with E-state index >= 15 is 0 Å². The van der Waals surface area contributed by atoms with E-state index in [0.717, 1.165) is 16.8 Å². The van der Waals surface area contributed by atoms with Crippen molar-refractivity contribution >= 4 is 11.8 Å². The molecule has 0 atom stereocenters. The maximum atomic E-state index is 11.9. The van der Waals surface area contributed by atoms with Gasteiger partial charge >= 0.3 is 12.1 Å². The molecule has 4 nitrogen and oxygen atoms in total. The van der Waals surface area contributed by atoms with Crippen LogP contribution in [0.4, 0.5) is 13.2 Å². The summed E-state index contributed by atoms with van der Waals surface area (Å²) in [5.41, 5.74) is -0.484. The fourth-order valence-electron chi connectivity index (χ4n) is 1.21. The third kappa shape index (κ3) is 2.85. The van der Waals surface area contributed by atoms with Gasteiger partial charge in [0.1, 0.15) is 12.1 Å². The van der Waals surface area contributed by atoms with E-state index in [9.17, 15) is 22.8 Å². The van der Waals surface area contributed by atoms with Crippen molar-refractivity contribution in [1.29, 1.82) is 0 Å². The van der Waals surface area contributed by atoms with Crippen molar-refractivity contribution in [3.8, 4) is 0 Å². The Morgan fingerprint density at radius 1 is 1.44 bits per heavy atom. The molecule has 0 spiro atoms. The van der Waals surface area contributed by atoms with Crippen molar-refractivity contribution in [3.63, 3.8) is 0 Å². The molecule has 1 aromatic rings. The number of alkyl halides is 3. The number of aromatic carboxylic acids is 1. The van der Waals surface area contributed by atoms with E-state index in [1.54, 1.807) is 0 Å². The lowest BCUT2D eigenvalue weighted by molar-refractivity contribution is -0.125. The Labute approximate surface area is 88.3 Å². The zero-order valence-electron chi connectivity index (χ0n) is 8.21. The number of halogens is 3. The van der Waals surface area contributed by atoms with Gasteiger partial charge in [-0.1, -0.05) is 0 Å². The summed E-state index contributed by atoms with van der Waals surface area (Å²) in [6.45, 7) is 0. The van der Waals surface area contributed by atoms with Crippen LogP contribution in [-0.2, 0) is 7.05 Å². The number of carbonyl (C=O) groups excluding carboxylic acids is 1. The lowest BCUT2D eigenvalue weighted by Gasteiger charge is -2.02. The Kier molecular flexibility index (Phi) is 3.06. The van der Waals surface area contributed by atoms with Gasteiger partial charge < -0.3 is 9.67 Å². The van der Waals surface area contributed by atoms with Crippen molar-refractivity contribution in [3.05, 3.63) is 23.5 Å². The van der Waals surface area contributed by atoms with E-state index in [1.165, 1.54) is 7.05 Å². The molecule has 1 rings (SSSR count). The average molecular weight is 235 g/mol. The number of carboxylic acid groups (broad SMARTS) is 1. The van der Waals surface area contributed by atoms with E-state index in [-0.39, 0.29) is 11.3 Å².